The van der Waals surface area contributed by atoms with Crippen molar-refractivity contribution < 1.29 is 27.1 Å². The molecule has 0 aliphatic rings. The lowest BCUT2D eigenvalue weighted by molar-refractivity contribution is 0.0177. The molecule has 1 rings (SSSR count). The van der Waals surface area contributed by atoms with Crippen molar-refractivity contribution >= 4 is 27.6 Å². The molecule has 1 aromatic carbocycles. The van der Waals surface area contributed by atoms with Gasteiger partial charge in [-0.1, -0.05) is 11.6 Å². The van der Waals surface area contributed by atoms with Gasteiger partial charge < -0.3 is 9.47 Å². The van der Waals surface area contributed by atoms with Crippen LogP contribution in [0.15, 0.2) is 17.0 Å². The van der Waals surface area contributed by atoms with Crippen molar-refractivity contribution in [2.24, 2.45) is 5.14 Å². The summed E-state index contributed by atoms with van der Waals surface area (Å²) in [5.41, 5.74) is -0.286. The summed E-state index contributed by atoms with van der Waals surface area (Å²) in [7, 11) is -4.31. The van der Waals surface area contributed by atoms with E-state index in [4.69, 9.17) is 26.2 Å². The van der Waals surface area contributed by atoms with Crippen molar-refractivity contribution in [3.05, 3.63) is 28.5 Å². The topological polar surface area (TPSA) is 95.7 Å². The Morgan fingerprint density at radius 2 is 2.00 bits per heavy atom. The van der Waals surface area contributed by atoms with E-state index in [0.29, 0.717) is 6.07 Å². The summed E-state index contributed by atoms with van der Waals surface area (Å²) in [5.74, 6) is -2.03. The van der Waals surface area contributed by atoms with E-state index in [1.807, 2.05) is 13.8 Å². The lowest BCUT2D eigenvalue weighted by Crippen LogP contribution is -2.17. The highest BCUT2D eigenvalue weighted by Gasteiger charge is 2.21. The van der Waals surface area contributed by atoms with Gasteiger partial charge >= 0.3 is 5.97 Å². The van der Waals surface area contributed by atoms with Gasteiger partial charge in [0, 0.05) is 0 Å². The van der Waals surface area contributed by atoms with Crippen molar-refractivity contribution in [3.8, 4) is 0 Å². The van der Waals surface area contributed by atoms with Gasteiger partial charge in [0.2, 0.25) is 10.0 Å². The summed E-state index contributed by atoms with van der Waals surface area (Å²) in [6.45, 7) is 3.76. The zero-order valence-electron chi connectivity index (χ0n) is 11.4. The zero-order chi connectivity index (χ0) is 16.2. The Morgan fingerprint density at radius 3 is 2.52 bits per heavy atom. The van der Waals surface area contributed by atoms with Crippen molar-refractivity contribution in [2.75, 3.05) is 13.2 Å². The number of halogens is 2. The van der Waals surface area contributed by atoms with Crippen LogP contribution in [0, 0.1) is 5.82 Å². The van der Waals surface area contributed by atoms with E-state index in [0.717, 1.165) is 6.07 Å². The highest BCUT2D eigenvalue weighted by atomic mass is 35.5. The minimum Gasteiger partial charge on any atom is -0.460 e. The number of carbonyl (C=O) groups excluding carboxylic acids is 1. The Morgan fingerprint density at radius 1 is 1.38 bits per heavy atom. The van der Waals surface area contributed by atoms with E-state index in [-0.39, 0.29) is 29.9 Å². The van der Waals surface area contributed by atoms with Crippen LogP contribution in [0.2, 0.25) is 5.02 Å². The molecule has 0 atom stereocenters. The molecule has 0 saturated carbocycles. The summed E-state index contributed by atoms with van der Waals surface area (Å²) < 4.78 is 45.9. The number of rotatable bonds is 6. The van der Waals surface area contributed by atoms with E-state index in [9.17, 15) is 17.6 Å². The fourth-order valence-electron chi connectivity index (χ4n) is 1.40. The number of sulfonamides is 1. The van der Waals surface area contributed by atoms with Crippen LogP contribution < -0.4 is 5.14 Å². The molecule has 2 N–H and O–H groups in total. The number of nitrogens with two attached hydrogens (primary N) is 1. The zero-order valence-corrected chi connectivity index (χ0v) is 13.0. The molecule has 21 heavy (non-hydrogen) atoms. The van der Waals surface area contributed by atoms with Crippen LogP contribution in [0.5, 0.6) is 0 Å². The van der Waals surface area contributed by atoms with Gasteiger partial charge in [0.15, 0.2) is 0 Å². The van der Waals surface area contributed by atoms with E-state index < -0.39 is 26.7 Å². The first-order valence-electron chi connectivity index (χ1n) is 5.93. The molecule has 0 aliphatic carbocycles. The summed E-state index contributed by atoms with van der Waals surface area (Å²) in [6, 6.07) is 1.45. The first-order valence-corrected chi connectivity index (χ1v) is 7.86. The number of ether oxygens (including phenoxy) is 2. The highest BCUT2D eigenvalue weighted by Crippen LogP contribution is 2.24. The van der Waals surface area contributed by atoms with Crippen molar-refractivity contribution in [3.63, 3.8) is 0 Å². The Hall–Kier alpha value is -1.22. The number of hydrogen-bond donors (Lipinski definition) is 1. The molecule has 0 aliphatic heterocycles. The summed E-state index contributed by atoms with van der Waals surface area (Å²) in [6.07, 6.45) is -0.0212. The van der Waals surface area contributed by atoms with Crippen molar-refractivity contribution in [1.82, 2.24) is 0 Å². The molecule has 0 heterocycles. The molecule has 0 unspecified atom stereocenters. The second kappa shape index (κ2) is 7.17. The lowest BCUT2D eigenvalue weighted by Gasteiger charge is -2.10. The third kappa shape index (κ3) is 5.24. The van der Waals surface area contributed by atoms with Crippen molar-refractivity contribution in [2.45, 2.75) is 24.8 Å². The first kappa shape index (κ1) is 17.8. The second-order valence-corrected chi connectivity index (χ2v) is 6.30. The molecule has 0 saturated heterocycles. The molecular weight excluding hydrogens is 325 g/mol. The van der Waals surface area contributed by atoms with Gasteiger partial charge in [-0.25, -0.2) is 22.7 Å². The third-order valence-electron chi connectivity index (χ3n) is 2.32. The molecular formula is C12H15ClFNO5S. The fraction of sp³-hybridized carbons (Fsp3) is 0.417. The lowest BCUT2D eigenvalue weighted by atomic mass is 10.2. The average molecular weight is 340 g/mol. The molecule has 6 nitrogen and oxygen atoms in total. The van der Waals surface area contributed by atoms with E-state index in [1.165, 1.54) is 0 Å². The van der Waals surface area contributed by atoms with Crippen LogP contribution in [0.4, 0.5) is 4.39 Å². The minimum absolute atomic E-state index is 0.0212. The standard InChI is InChI=1S/C12H15ClFNO5S/c1-7(2)19-3-4-20-12(16)8-5-11(21(15,17)18)10(14)6-9(8)13/h5-7H,3-4H2,1-2H3,(H2,15,17,18). The summed E-state index contributed by atoms with van der Waals surface area (Å²) >= 11 is 5.70. The van der Waals surface area contributed by atoms with Gasteiger partial charge in [-0.15, -0.1) is 0 Å². The monoisotopic (exact) mass is 339 g/mol. The van der Waals surface area contributed by atoms with Gasteiger partial charge in [0.25, 0.3) is 0 Å². The van der Waals surface area contributed by atoms with Crippen LogP contribution in [0.25, 0.3) is 0 Å². The SMILES string of the molecule is CC(C)OCCOC(=O)c1cc(S(N)(=O)=O)c(F)cc1Cl. The molecule has 0 amide bonds. The van der Waals surface area contributed by atoms with Gasteiger partial charge in [0.05, 0.1) is 23.3 Å². The van der Waals surface area contributed by atoms with Gasteiger partial charge in [0.1, 0.15) is 17.3 Å². The maximum Gasteiger partial charge on any atom is 0.339 e. The maximum absolute atomic E-state index is 13.5. The Kier molecular flexibility index (Phi) is 6.09. The second-order valence-electron chi connectivity index (χ2n) is 4.36. The molecule has 118 valence electrons. The number of esters is 1. The van der Waals surface area contributed by atoms with Crippen LogP contribution in [0.1, 0.15) is 24.2 Å². The predicted octanol–water partition coefficient (Wildman–Crippen LogP) is 1.71. The molecule has 0 aromatic heterocycles. The minimum atomic E-state index is -4.31. The Labute approximate surface area is 127 Å². The Balaban J connectivity index is 2.90. The molecule has 9 heteroatoms. The highest BCUT2D eigenvalue weighted by molar-refractivity contribution is 7.89. The number of benzene rings is 1. The van der Waals surface area contributed by atoms with Crippen LogP contribution >= 0.6 is 11.6 Å². The summed E-state index contributed by atoms with van der Waals surface area (Å²) in [5, 5.41) is 4.58. The maximum atomic E-state index is 13.5. The number of primary sulfonamides is 1. The van der Waals surface area contributed by atoms with Gasteiger partial charge in [-0.05, 0) is 26.0 Å². The molecule has 0 spiro atoms. The molecule has 0 radical (unpaired) electrons. The molecule has 0 fully saturated rings. The predicted molar refractivity (Wildman–Crippen MR) is 74.2 cm³/mol. The average Bonchev–Trinajstić information content (AvgIpc) is 2.32. The third-order valence-corrected chi connectivity index (χ3v) is 3.55. The first-order chi connectivity index (χ1) is 9.62. The Bertz CT molecular complexity index is 633. The van der Waals surface area contributed by atoms with Crippen molar-refractivity contribution in [1.29, 1.82) is 0 Å². The normalized spacial score (nSPS) is 11.7. The fourth-order valence-corrected chi connectivity index (χ4v) is 2.24. The van der Waals surface area contributed by atoms with E-state index in [1.54, 1.807) is 0 Å². The smallest absolute Gasteiger partial charge is 0.339 e. The molecule has 1 aromatic rings. The van der Waals surface area contributed by atoms with Crippen LogP contribution in [-0.2, 0) is 19.5 Å². The van der Waals surface area contributed by atoms with E-state index >= 15 is 0 Å². The summed E-state index contributed by atoms with van der Waals surface area (Å²) in [4.78, 5) is 11.0. The van der Waals surface area contributed by atoms with Crippen LogP contribution in [-0.4, -0.2) is 33.7 Å². The van der Waals surface area contributed by atoms with Gasteiger partial charge in [-0.3, -0.25) is 0 Å². The van der Waals surface area contributed by atoms with Crippen LogP contribution in [0.3, 0.4) is 0 Å². The largest absolute Gasteiger partial charge is 0.460 e. The number of hydrogen-bond acceptors (Lipinski definition) is 5. The van der Waals surface area contributed by atoms with Gasteiger partial charge in [-0.2, -0.15) is 0 Å². The molecule has 0 bridgehead atoms. The quantitative estimate of drug-likeness (QED) is 0.628. The van der Waals surface area contributed by atoms with E-state index in [2.05, 4.69) is 0 Å². The number of carbonyl (C=O) groups is 1.